The van der Waals surface area contributed by atoms with Gasteiger partial charge in [0.15, 0.2) is 0 Å². The molecule has 1 saturated carbocycles. The predicted octanol–water partition coefficient (Wildman–Crippen LogP) is 3.53. The maximum absolute atomic E-state index is 13.3. The SMILES string of the molecule is O=C1NC=CN(S(=O)(=O)c2ccc(Cl)c(Cl)c2)[C@@H]1CC(=O)N1CCC[C@H]2CCCC[C@@H]21. The van der Waals surface area contributed by atoms with E-state index < -0.39 is 22.0 Å². The molecule has 7 nitrogen and oxygen atoms in total. The van der Waals surface area contributed by atoms with Crippen LogP contribution in [-0.2, 0) is 19.6 Å². The lowest BCUT2D eigenvalue weighted by atomic mass is 9.78. The van der Waals surface area contributed by atoms with Crippen LogP contribution in [0.25, 0.3) is 0 Å². The molecular weight excluding hydrogens is 461 g/mol. The summed E-state index contributed by atoms with van der Waals surface area (Å²) in [5, 5.41) is 2.85. The topological polar surface area (TPSA) is 86.8 Å². The van der Waals surface area contributed by atoms with Gasteiger partial charge in [0.25, 0.3) is 10.0 Å². The van der Waals surface area contributed by atoms with Crippen LogP contribution in [0.4, 0.5) is 0 Å². The highest BCUT2D eigenvalue weighted by Gasteiger charge is 2.41. The summed E-state index contributed by atoms with van der Waals surface area (Å²) in [7, 11) is -4.11. The van der Waals surface area contributed by atoms with Gasteiger partial charge in [-0.2, -0.15) is 0 Å². The lowest BCUT2D eigenvalue weighted by Crippen LogP contribution is -2.54. The number of carbonyl (C=O) groups is 2. The molecule has 3 aliphatic rings. The molecule has 1 aromatic carbocycles. The Bertz CT molecular complexity index is 1010. The summed E-state index contributed by atoms with van der Waals surface area (Å²) < 4.78 is 27.5. The van der Waals surface area contributed by atoms with Gasteiger partial charge >= 0.3 is 0 Å². The van der Waals surface area contributed by atoms with E-state index >= 15 is 0 Å². The molecule has 0 aromatic heterocycles. The van der Waals surface area contributed by atoms with E-state index in [9.17, 15) is 18.0 Å². The molecule has 2 aliphatic heterocycles. The number of benzene rings is 1. The zero-order chi connectivity index (χ0) is 22.2. The number of halogens is 2. The van der Waals surface area contributed by atoms with Crippen LogP contribution < -0.4 is 5.32 Å². The van der Waals surface area contributed by atoms with Gasteiger partial charge in [0, 0.05) is 25.0 Å². The second kappa shape index (κ2) is 9.00. The minimum atomic E-state index is -4.11. The smallest absolute Gasteiger partial charge is 0.264 e. The van der Waals surface area contributed by atoms with Crippen molar-refractivity contribution in [3.63, 3.8) is 0 Å². The molecule has 168 valence electrons. The van der Waals surface area contributed by atoms with Crippen LogP contribution in [0.1, 0.15) is 44.9 Å². The third-order valence-electron chi connectivity index (χ3n) is 6.45. The number of hydrogen-bond acceptors (Lipinski definition) is 4. The fraction of sp³-hybridized carbons (Fsp3) is 0.524. The summed E-state index contributed by atoms with van der Waals surface area (Å²) in [5.41, 5.74) is 0. The first-order chi connectivity index (χ1) is 14.8. The van der Waals surface area contributed by atoms with Crippen molar-refractivity contribution < 1.29 is 18.0 Å². The normalized spacial score (nSPS) is 26.4. The van der Waals surface area contributed by atoms with Crippen molar-refractivity contribution in [1.29, 1.82) is 0 Å². The second-order valence-electron chi connectivity index (χ2n) is 8.30. The fourth-order valence-corrected chi connectivity index (χ4v) is 6.75. The minimum Gasteiger partial charge on any atom is -0.339 e. The molecule has 31 heavy (non-hydrogen) atoms. The molecule has 1 aromatic rings. The molecule has 2 heterocycles. The maximum atomic E-state index is 13.3. The van der Waals surface area contributed by atoms with E-state index in [1.54, 1.807) is 0 Å². The number of piperidine rings is 1. The summed E-state index contributed by atoms with van der Waals surface area (Å²) in [5.74, 6) is -0.208. The summed E-state index contributed by atoms with van der Waals surface area (Å²) in [6.45, 7) is 0.656. The van der Waals surface area contributed by atoms with Crippen LogP contribution in [0.3, 0.4) is 0 Å². The van der Waals surface area contributed by atoms with Crippen LogP contribution in [0.2, 0.25) is 10.0 Å². The molecule has 1 aliphatic carbocycles. The van der Waals surface area contributed by atoms with Crippen LogP contribution in [0.15, 0.2) is 35.5 Å². The van der Waals surface area contributed by atoms with Gasteiger partial charge in [-0.1, -0.05) is 36.0 Å². The zero-order valence-corrected chi connectivity index (χ0v) is 19.3. The van der Waals surface area contributed by atoms with E-state index in [0.29, 0.717) is 12.5 Å². The van der Waals surface area contributed by atoms with Crippen molar-refractivity contribution >= 4 is 45.0 Å². The van der Waals surface area contributed by atoms with Crippen LogP contribution in [-0.4, -0.2) is 48.1 Å². The average Bonchev–Trinajstić information content (AvgIpc) is 2.76. The number of hydrogen-bond donors (Lipinski definition) is 1. The first kappa shape index (κ1) is 22.4. The minimum absolute atomic E-state index is 0.0935. The highest BCUT2D eigenvalue weighted by Crippen LogP contribution is 2.36. The Morgan fingerprint density at radius 3 is 2.61 bits per heavy atom. The van der Waals surface area contributed by atoms with Crippen molar-refractivity contribution in [3.05, 3.63) is 40.6 Å². The summed E-state index contributed by atoms with van der Waals surface area (Å²) in [6.07, 6.45) is 8.77. The number of likely N-dealkylation sites (tertiary alicyclic amines) is 1. The number of rotatable bonds is 4. The second-order valence-corrected chi connectivity index (χ2v) is 11.0. The van der Waals surface area contributed by atoms with Crippen molar-refractivity contribution in [3.8, 4) is 0 Å². The monoisotopic (exact) mass is 485 g/mol. The molecule has 4 rings (SSSR count). The van der Waals surface area contributed by atoms with Crippen LogP contribution in [0, 0.1) is 5.92 Å². The predicted molar refractivity (Wildman–Crippen MR) is 118 cm³/mol. The standard InChI is InChI=1S/C21H25Cl2N3O4S/c22-16-8-7-15(12-17(16)23)31(29,30)26-11-9-24-21(28)19(26)13-20(27)25-10-3-5-14-4-1-2-6-18(14)25/h7-9,11-12,14,18-19H,1-6,10,13H2,(H,24,28)/t14-,18+,19-/m1/s1. The summed E-state index contributed by atoms with van der Waals surface area (Å²) in [4.78, 5) is 27.6. The highest BCUT2D eigenvalue weighted by molar-refractivity contribution is 7.89. The van der Waals surface area contributed by atoms with Gasteiger partial charge in [-0.05, 0) is 49.8 Å². The Hall–Kier alpha value is -1.77. The van der Waals surface area contributed by atoms with Crippen LogP contribution in [0.5, 0.6) is 0 Å². The average molecular weight is 486 g/mol. The first-order valence-corrected chi connectivity index (χ1v) is 12.7. The van der Waals surface area contributed by atoms with E-state index in [1.807, 2.05) is 4.90 Å². The Morgan fingerprint density at radius 1 is 1.10 bits per heavy atom. The molecule has 0 unspecified atom stereocenters. The number of amides is 2. The fourth-order valence-electron chi connectivity index (χ4n) is 4.91. The van der Waals surface area contributed by atoms with E-state index in [4.69, 9.17) is 23.2 Å². The van der Waals surface area contributed by atoms with E-state index in [0.717, 1.165) is 36.4 Å². The molecule has 0 radical (unpaired) electrons. The molecule has 1 saturated heterocycles. The molecule has 2 amide bonds. The van der Waals surface area contributed by atoms with Crippen molar-refractivity contribution in [2.45, 2.75) is 61.9 Å². The van der Waals surface area contributed by atoms with E-state index in [-0.39, 0.29) is 33.3 Å². The van der Waals surface area contributed by atoms with E-state index in [1.165, 1.54) is 37.0 Å². The summed E-state index contributed by atoms with van der Waals surface area (Å²) >= 11 is 11.9. The van der Waals surface area contributed by atoms with E-state index in [2.05, 4.69) is 5.32 Å². The number of fused-ring (bicyclic) bond motifs is 1. The Labute approximate surface area is 192 Å². The van der Waals surface area contributed by atoms with Gasteiger partial charge in [0.05, 0.1) is 21.4 Å². The van der Waals surface area contributed by atoms with Gasteiger partial charge in [0.1, 0.15) is 6.04 Å². The molecule has 1 N–H and O–H groups in total. The van der Waals surface area contributed by atoms with Gasteiger partial charge < -0.3 is 10.2 Å². The first-order valence-electron chi connectivity index (χ1n) is 10.5. The Balaban J connectivity index is 1.58. The van der Waals surface area contributed by atoms with Gasteiger partial charge in [0.2, 0.25) is 11.8 Å². The summed E-state index contributed by atoms with van der Waals surface area (Å²) in [6, 6.07) is 3.00. The Kier molecular flexibility index (Phi) is 6.51. The molecule has 10 heteroatoms. The van der Waals surface area contributed by atoms with Gasteiger partial charge in [-0.25, -0.2) is 8.42 Å². The Morgan fingerprint density at radius 2 is 1.84 bits per heavy atom. The van der Waals surface area contributed by atoms with Crippen molar-refractivity contribution in [2.24, 2.45) is 5.92 Å². The maximum Gasteiger partial charge on any atom is 0.264 e. The van der Waals surface area contributed by atoms with Gasteiger partial charge in [-0.15, -0.1) is 0 Å². The number of carbonyl (C=O) groups excluding carboxylic acids is 2. The number of nitrogens with one attached hydrogen (secondary N) is 1. The highest BCUT2D eigenvalue weighted by atomic mass is 35.5. The molecule has 2 fully saturated rings. The molecule has 0 bridgehead atoms. The molecule has 0 spiro atoms. The lowest BCUT2D eigenvalue weighted by molar-refractivity contribution is -0.141. The zero-order valence-electron chi connectivity index (χ0n) is 17.0. The largest absolute Gasteiger partial charge is 0.339 e. The third-order valence-corrected chi connectivity index (χ3v) is 8.97. The lowest BCUT2D eigenvalue weighted by Gasteiger charge is -2.44. The number of sulfonamides is 1. The van der Waals surface area contributed by atoms with Crippen LogP contribution >= 0.6 is 23.2 Å². The number of nitrogens with zero attached hydrogens (tertiary/aromatic N) is 2. The molecule has 3 atom stereocenters. The van der Waals surface area contributed by atoms with Gasteiger partial charge in [-0.3, -0.25) is 13.9 Å². The third kappa shape index (κ3) is 4.43. The van der Waals surface area contributed by atoms with Crippen molar-refractivity contribution in [2.75, 3.05) is 6.54 Å². The quantitative estimate of drug-likeness (QED) is 0.706. The van der Waals surface area contributed by atoms with Crippen molar-refractivity contribution in [1.82, 2.24) is 14.5 Å². The molecular formula is C21H25Cl2N3O4S.